The Bertz CT molecular complexity index is 579. The van der Waals surface area contributed by atoms with Crippen molar-refractivity contribution in [3.63, 3.8) is 0 Å². The van der Waals surface area contributed by atoms with E-state index in [4.69, 9.17) is 5.11 Å². The summed E-state index contributed by atoms with van der Waals surface area (Å²) in [6, 6.07) is 13.6. The van der Waals surface area contributed by atoms with E-state index in [-0.39, 0.29) is 6.42 Å². The highest BCUT2D eigenvalue weighted by Gasteiger charge is 2.00. The molecule has 4 nitrogen and oxygen atoms in total. The van der Waals surface area contributed by atoms with Gasteiger partial charge < -0.3 is 10.4 Å². The second kappa shape index (κ2) is 6.82. The van der Waals surface area contributed by atoms with Crippen molar-refractivity contribution in [3.8, 4) is 0 Å². The molecule has 104 valence electrons. The van der Waals surface area contributed by atoms with Crippen LogP contribution in [0.15, 0.2) is 42.5 Å². The minimum atomic E-state index is -0.804. The van der Waals surface area contributed by atoms with Crippen LogP contribution in [0.3, 0.4) is 0 Å². The van der Waals surface area contributed by atoms with E-state index in [2.05, 4.69) is 10.3 Å². The first-order valence-electron chi connectivity index (χ1n) is 6.56. The summed E-state index contributed by atoms with van der Waals surface area (Å²) in [6.45, 7) is 3.44. The Hall–Kier alpha value is -2.20. The van der Waals surface area contributed by atoms with Gasteiger partial charge in [0, 0.05) is 18.8 Å². The lowest BCUT2D eigenvalue weighted by molar-refractivity contribution is -0.136. The van der Waals surface area contributed by atoms with Gasteiger partial charge in [-0.1, -0.05) is 30.3 Å². The standard InChI is InChI=1S/C16H18N2O2/c1-12-3-2-4-15(18-12)11-17-10-14-7-5-13(6-8-14)9-16(19)20/h2-8,17H,9-11H2,1H3,(H,19,20). The second-order valence-electron chi connectivity index (χ2n) is 4.76. The Labute approximate surface area is 118 Å². The van der Waals surface area contributed by atoms with Crippen LogP contribution in [-0.2, 0) is 24.3 Å². The molecule has 0 aliphatic carbocycles. The Kier molecular flexibility index (Phi) is 4.85. The summed E-state index contributed by atoms with van der Waals surface area (Å²) in [5.74, 6) is -0.804. The molecule has 0 saturated heterocycles. The number of aromatic nitrogens is 1. The van der Waals surface area contributed by atoms with Crippen LogP contribution in [0.1, 0.15) is 22.5 Å². The lowest BCUT2D eigenvalue weighted by Gasteiger charge is -2.06. The molecule has 2 N–H and O–H groups in total. The molecule has 20 heavy (non-hydrogen) atoms. The van der Waals surface area contributed by atoms with Crippen molar-refractivity contribution in [3.05, 3.63) is 65.0 Å². The zero-order valence-corrected chi connectivity index (χ0v) is 11.5. The normalized spacial score (nSPS) is 10.4. The highest BCUT2D eigenvalue weighted by molar-refractivity contribution is 5.70. The summed E-state index contributed by atoms with van der Waals surface area (Å²) in [7, 11) is 0. The molecule has 2 aromatic rings. The number of pyridine rings is 1. The lowest BCUT2D eigenvalue weighted by Crippen LogP contribution is -2.14. The zero-order chi connectivity index (χ0) is 14.4. The van der Waals surface area contributed by atoms with Crippen LogP contribution in [0.4, 0.5) is 0 Å². The number of nitrogens with zero attached hydrogens (tertiary/aromatic N) is 1. The number of carbonyl (C=O) groups is 1. The molecule has 0 bridgehead atoms. The monoisotopic (exact) mass is 270 g/mol. The fraction of sp³-hybridized carbons (Fsp3) is 0.250. The Morgan fingerprint density at radius 1 is 1.10 bits per heavy atom. The quantitative estimate of drug-likeness (QED) is 0.845. The van der Waals surface area contributed by atoms with Gasteiger partial charge in [0.1, 0.15) is 0 Å². The van der Waals surface area contributed by atoms with Crippen LogP contribution < -0.4 is 5.32 Å². The van der Waals surface area contributed by atoms with Crippen molar-refractivity contribution in [2.75, 3.05) is 0 Å². The van der Waals surface area contributed by atoms with Crippen LogP contribution >= 0.6 is 0 Å². The lowest BCUT2D eigenvalue weighted by atomic mass is 10.1. The molecule has 0 fully saturated rings. The van der Waals surface area contributed by atoms with Gasteiger partial charge in [-0.2, -0.15) is 0 Å². The molecule has 4 heteroatoms. The highest BCUT2D eigenvalue weighted by Crippen LogP contribution is 2.06. The molecule has 1 aromatic carbocycles. The first-order valence-corrected chi connectivity index (χ1v) is 6.56. The van der Waals surface area contributed by atoms with E-state index >= 15 is 0 Å². The Morgan fingerprint density at radius 3 is 2.45 bits per heavy atom. The maximum absolute atomic E-state index is 10.6. The number of rotatable bonds is 6. The molecule has 1 aromatic heterocycles. The smallest absolute Gasteiger partial charge is 0.307 e. The average molecular weight is 270 g/mol. The molecule has 0 unspecified atom stereocenters. The van der Waals surface area contributed by atoms with E-state index in [1.165, 1.54) is 0 Å². The van der Waals surface area contributed by atoms with Crippen molar-refractivity contribution in [2.24, 2.45) is 0 Å². The van der Waals surface area contributed by atoms with Crippen LogP contribution in [-0.4, -0.2) is 16.1 Å². The molecule has 2 rings (SSSR count). The number of hydrogen-bond donors (Lipinski definition) is 2. The van der Waals surface area contributed by atoms with E-state index in [0.717, 1.165) is 35.6 Å². The van der Waals surface area contributed by atoms with Gasteiger partial charge in [-0.3, -0.25) is 9.78 Å². The van der Waals surface area contributed by atoms with E-state index in [1.54, 1.807) is 0 Å². The third-order valence-corrected chi connectivity index (χ3v) is 2.96. The van der Waals surface area contributed by atoms with Gasteiger partial charge in [0.25, 0.3) is 0 Å². The second-order valence-corrected chi connectivity index (χ2v) is 4.76. The zero-order valence-electron chi connectivity index (χ0n) is 11.5. The van der Waals surface area contributed by atoms with Crippen molar-refractivity contribution in [1.82, 2.24) is 10.3 Å². The number of hydrogen-bond acceptors (Lipinski definition) is 3. The minimum Gasteiger partial charge on any atom is -0.481 e. The number of aryl methyl sites for hydroxylation is 1. The fourth-order valence-electron chi connectivity index (χ4n) is 1.98. The van der Waals surface area contributed by atoms with Crippen molar-refractivity contribution >= 4 is 5.97 Å². The van der Waals surface area contributed by atoms with Crippen molar-refractivity contribution in [1.29, 1.82) is 0 Å². The SMILES string of the molecule is Cc1cccc(CNCc2ccc(CC(=O)O)cc2)n1. The number of nitrogens with one attached hydrogen (secondary N) is 1. The van der Waals surface area contributed by atoms with Crippen LogP contribution in [0, 0.1) is 6.92 Å². The molecule has 0 atom stereocenters. The van der Waals surface area contributed by atoms with Gasteiger partial charge in [-0.25, -0.2) is 0 Å². The highest BCUT2D eigenvalue weighted by atomic mass is 16.4. The molecule has 0 spiro atoms. The third-order valence-electron chi connectivity index (χ3n) is 2.96. The number of carboxylic acids is 1. The number of benzene rings is 1. The van der Waals surface area contributed by atoms with Gasteiger partial charge in [0.2, 0.25) is 0 Å². The van der Waals surface area contributed by atoms with Crippen molar-refractivity contribution < 1.29 is 9.90 Å². The summed E-state index contributed by atoms with van der Waals surface area (Å²) in [6.07, 6.45) is 0.0704. The molecule has 0 aliphatic rings. The first kappa shape index (κ1) is 14.2. The van der Waals surface area contributed by atoms with Gasteiger partial charge in [-0.15, -0.1) is 0 Å². The fourth-order valence-corrected chi connectivity index (χ4v) is 1.98. The van der Waals surface area contributed by atoms with Crippen LogP contribution in [0.2, 0.25) is 0 Å². The van der Waals surface area contributed by atoms with Crippen LogP contribution in [0.5, 0.6) is 0 Å². The number of aliphatic carboxylic acids is 1. The Morgan fingerprint density at radius 2 is 1.80 bits per heavy atom. The summed E-state index contributed by atoms with van der Waals surface area (Å²) in [5, 5.41) is 12.0. The minimum absolute atomic E-state index is 0.0704. The van der Waals surface area contributed by atoms with Gasteiger partial charge in [0.05, 0.1) is 12.1 Å². The largest absolute Gasteiger partial charge is 0.481 e. The predicted molar refractivity (Wildman–Crippen MR) is 77.3 cm³/mol. The summed E-state index contributed by atoms with van der Waals surface area (Å²) in [5.41, 5.74) is 3.99. The summed E-state index contributed by atoms with van der Waals surface area (Å²) < 4.78 is 0. The topological polar surface area (TPSA) is 62.2 Å². The molecule has 0 amide bonds. The maximum atomic E-state index is 10.6. The predicted octanol–water partition coefficient (Wildman–Crippen LogP) is 2.31. The first-order chi connectivity index (χ1) is 9.63. The molecule has 0 aliphatic heterocycles. The molecular weight excluding hydrogens is 252 g/mol. The van der Waals surface area contributed by atoms with Gasteiger partial charge in [0.15, 0.2) is 0 Å². The Balaban J connectivity index is 1.83. The molecule has 1 heterocycles. The van der Waals surface area contributed by atoms with E-state index in [9.17, 15) is 4.79 Å². The van der Waals surface area contributed by atoms with E-state index < -0.39 is 5.97 Å². The number of carboxylic acid groups (broad SMARTS) is 1. The summed E-state index contributed by atoms with van der Waals surface area (Å²) >= 11 is 0. The van der Waals surface area contributed by atoms with E-state index in [0.29, 0.717) is 0 Å². The van der Waals surface area contributed by atoms with Gasteiger partial charge >= 0.3 is 5.97 Å². The maximum Gasteiger partial charge on any atom is 0.307 e. The molecular formula is C16H18N2O2. The summed E-state index contributed by atoms with van der Waals surface area (Å²) in [4.78, 5) is 15.0. The average Bonchev–Trinajstić information content (AvgIpc) is 2.40. The van der Waals surface area contributed by atoms with Crippen LogP contribution in [0.25, 0.3) is 0 Å². The van der Waals surface area contributed by atoms with Gasteiger partial charge in [-0.05, 0) is 30.2 Å². The van der Waals surface area contributed by atoms with E-state index in [1.807, 2.05) is 49.4 Å². The molecule has 0 saturated carbocycles. The molecule has 0 radical (unpaired) electrons. The van der Waals surface area contributed by atoms with Crippen molar-refractivity contribution in [2.45, 2.75) is 26.4 Å². The third kappa shape index (κ3) is 4.48.